The molecule has 0 aromatic carbocycles. The van der Waals surface area contributed by atoms with Crippen molar-refractivity contribution in [2.45, 2.75) is 6.92 Å². The van der Waals surface area contributed by atoms with Crippen LogP contribution in [0, 0.1) is 6.92 Å². The highest BCUT2D eigenvalue weighted by atomic mass is 16.1. The van der Waals surface area contributed by atoms with Crippen LogP contribution >= 0.6 is 0 Å². The maximum atomic E-state index is 11.1. The molecule has 0 unspecified atom stereocenters. The van der Waals surface area contributed by atoms with E-state index in [1.807, 2.05) is 6.92 Å². The molecule has 0 saturated carbocycles. The molecule has 2 rings (SSSR count). The van der Waals surface area contributed by atoms with E-state index < -0.39 is 0 Å². The van der Waals surface area contributed by atoms with Crippen LogP contribution in [0.4, 0.5) is 0 Å². The third-order valence-corrected chi connectivity index (χ3v) is 1.52. The first-order valence-electron chi connectivity index (χ1n) is 3.31. The molecular formula is C7H7N3O. The van der Waals surface area contributed by atoms with E-state index in [1.54, 1.807) is 23.0 Å². The van der Waals surface area contributed by atoms with E-state index in [0.717, 1.165) is 5.69 Å². The van der Waals surface area contributed by atoms with Gasteiger partial charge >= 0.3 is 0 Å². The molecule has 2 aromatic heterocycles. The third kappa shape index (κ3) is 0.832. The topological polar surface area (TPSA) is 50.2 Å². The van der Waals surface area contributed by atoms with Crippen LogP contribution in [0.5, 0.6) is 0 Å². The molecule has 4 heteroatoms. The summed E-state index contributed by atoms with van der Waals surface area (Å²) in [5.41, 5.74) is 1.33. The summed E-state index contributed by atoms with van der Waals surface area (Å²) in [6.45, 7) is 1.85. The summed E-state index contributed by atoms with van der Waals surface area (Å²) in [5, 5.41) is 4.07. The van der Waals surface area contributed by atoms with Crippen LogP contribution in [0.15, 0.2) is 23.3 Å². The molecule has 11 heavy (non-hydrogen) atoms. The second kappa shape index (κ2) is 1.95. The second-order valence-electron chi connectivity index (χ2n) is 2.40. The number of rotatable bonds is 0. The highest BCUT2D eigenvalue weighted by Crippen LogP contribution is 1.97. The minimum atomic E-state index is -0.104. The molecule has 0 bridgehead atoms. The van der Waals surface area contributed by atoms with Gasteiger partial charge in [0.15, 0.2) is 0 Å². The smallest absolute Gasteiger partial charge is 0.273 e. The van der Waals surface area contributed by atoms with Crippen LogP contribution in [-0.2, 0) is 0 Å². The predicted molar refractivity (Wildman–Crippen MR) is 40.5 cm³/mol. The Balaban J connectivity index is 3.02. The number of H-pyrrole nitrogens is 1. The Morgan fingerprint density at radius 3 is 3.18 bits per heavy atom. The summed E-state index contributed by atoms with van der Waals surface area (Å²) in [5.74, 6) is 0. The number of nitrogens with one attached hydrogen (secondary N) is 1. The molecule has 0 saturated heterocycles. The van der Waals surface area contributed by atoms with Crippen LogP contribution in [0.25, 0.3) is 5.52 Å². The lowest BCUT2D eigenvalue weighted by atomic mass is 10.4. The summed E-state index contributed by atoms with van der Waals surface area (Å²) in [7, 11) is 0. The summed E-state index contributed by atoms with van der Waals surface area (Å²) < 4.78 is 1.56. The molecule has 0 amide bonds. The maximum Gasteiger partial charge on any atom is 0.273 e. The van der Waals surface area contributed by atoms with Gasteiger partial charge in [0, 0.05) is 12.4 Å². The van der Waals surface area contributed by atoms with Gasteiger partial charge in [0.05, 0.1) is 5.69 Å². The molecule has 0 aliphatic carbocycles. The predicted octanol–water partition coefficient (Wildman–Crippen LogP) is 0.331. The number of aromatic nitrogens is 3. The van der Waals surface area contributed by atoms with Gasteiger partial charge in [0.1, 0.15) is 5.52 Å². The van der Waals surface area contributed by atoms with E-state index in [4.69, 9.17) is 0 Å². The largest absolute Gasteiger partial charge is 0.326 e. The first kappa shape index (κ1) is 6.15. The zero-order valence-electron chi connectivity index (χ0n) is 6.03. The van der Waals surface area contributed by atoms with E-state index in [-0.39, 0.29) is 5.56 Å². The van der Waals surface area contributed by atoms with Crippen LogP contribution in [0.1, 0.15) is 5.69 Å². The van der Waals surface area contributed by atoms with Crippen molar-refractivity contribution in [3.05, 3.63) is 34.5 Å². The summed E-state index contributed by atoms with van der Waals surface area (Å²) in [6, 6.07) is 1.75. The number of hydrogen-bond acceptors (Lipinski definition) is 2. The monoisotopic (exact) mass is 149 g/mol. The molecule has 0 spiro atoms. The van der Waals surface area contributed by atoms with Gasteiger partial charge in [-0.3, -0.25) is 4.79 Å². The number of aromatic amines is 1. The molecule has 2 aromatic rings. The third-order valence-electron chi connectivity index (χ3n) is 1.52. The Bertz CT molecular complexity index is 440. The Morgan fingerprint density at radius 2 is 2.45 bits per heavy atom. The van der Waals surface area contributed by atoms with Gasteiger partial charge < -0.3 is 4.98 Å². The molecular weight excluding hydrogens is 142 g/mol. The maximum absolute atomic E-state index is 11.1. The van der Waals surface area contributed by atoms with Crippen LogP contribution in [-0.4, -0.2) is 14.6 Å². The van der Waals surface area contributed by atoms with Crippen LogP contribution in [0.3, 0.4) is 0 Å². The van der Waals surface area contributed by atoms with Gasteiger partial charge in [-0.15, -0.1) is 0 Å². The summed E-state index contributed by atoms with van der Waals surface area (Å²) >= 11 is 0. The number of nitrogens with zero attached hydrogens (tertiary/aromatic N) is 2. The van der Waals surface area contributed by atoms with E-state index in [0.29, 0.717) is 5.52 Å². The van der Waals surface area contributed by atoms with Crippen molar-refractivity contribution in [3.63, 3.8) is 0 Å². The fourth-order valence-corrected chi connectivity index (χ4v) is 1.06. The molecule has 0 radical (unpaired) electrons. The molecule has 4 nitrogen and oxygen atoms in total. The number of aryl methyl sites for hydroxylation is 1. The van der Waals surface area contributed by atoms with Crippen LogP contribution in [0.2, 0.25) is 0 Å². The van der Waals surface area contributed by atoms with Crippen molar-refractivity contribution in [2.24, 2.45) is 0 Å². The van der Waals surface area contributed by atoms with Crippen molar-refractivity contribution >= 4 is 5.52 Å². The fourth-order valence-electron chi connectivity index (χ4n) is 1.06. The normalized spacial score (nSPS) is 10.6. The zero-order valence-corrected chi connectivity index (χ0v) is 6.03. The Kier molecular flexibility index (Phi) is 1.09. The lowest BCUT2D eigenvalue weighted by molar-refractivity contribution is 0.914. The molecule has 2 heterocycles. The number of fused-ring (bicyclic) bond motifs is 1. The Hall–Kier alpha value is -1.58. The molecule has 56 valence electrons. The lowest BCUT2D eigenvalue weighted by Crippen LogP contribution is -2.07. The number of hydrogen-bond donors (Lipinski definition) is 1. The average Bonchev–Trinajstić information content (AvgIpc) is 2.31. The Morgan fingerprint density at radius 1 is 1.64 bits per heavy atom. The second-order valence-corrected chi connectivity index (χ2v) is 2.40. The van der Waals surface area contributed by atoms with Crippen molar-refractivity contribution in [1.82, 2.24) is 14.6 Å². The highest BCUT2D eigenvalue weighted by Gasteiger charge is 1.98. The van der Waals surface area contributed by atoms with E-state index >= 15 is 0 Å². The minimum absolute atomic E-state index is 0.104. The molecule has 0 fully saturated rings. The zero-order chi connectivity index (χ0) is 7.84. The molecule has 0 atom stereocenters. The van der Waals surface area contributed by atoms with Gasteiger partial charge in [0.2, 0.25) is 0 Å². The first-order chi connectivity index (χ1) is 5.27. The van der Waals surface area contributed by atoms with Gasteiger partial charge in [-0.05, 0) is 13.0 Å². The summed E-state index contributed by atoms with van der Waals surface area (Å²) in [6.07, 6.45) is 3.28. The van der Waals surface area contributed by atoms with E-state index in [9.17, 15) is 4.79 Å². The molecule has 0 aliphatic rings. The first-order valence-corrected chi connectivity index (χ1v) is 3.31. The quantitative estimate of drug-likeness (QED) is 0.586. The van der Waals surface area contributed by atoms with Gasteiger partial charge in [-0.2, -0.15) is 5.10 Å². The van der Waals surface area contributed by atoms with E-state index in [1.165, 1.54) is 0 Å². The van der Waals surface area contributed by atoms with E-state index in [2.05, 4.69) is 10.1 Å². The van der Waals surface area contributed by atoms with Gasteiger partial charge in [-0.1, -0.05) is 0 Å². The van der Waals surface area contributed by atoms with Gasteiger partial charge in [0.25, 0.3) is 5.56 Å². The van der Waals surface area contributed by atoms with Crippen LogP contribution < -0.4 is 5.56 Å². The highest BCUT2D eigenvalue weighted by molar-refractivity contribution is 5.44. The van der Waals surface area contributed by atoms with Crippen molar-refractivity contribution in [2.75, 3.05) is 0 Å². The van der Waals surface area contributed by atoms with Crippen molar-refractivity contribution in [1.29, 1.82) is 0 Å². The SMILES string of the molecule is Cc1cc2c(=O)[nH]ccn2n1. The van der Waals surface area contributed by atoms with Crippen molar-refractivity contribution < 1.29 is 0 Å². The van der Waals surface area contributed by atoms with Gasteiger partial charge in [-0.25, -0.2) is 4.52 Å². The minimum Gasteiger partial charge on any atom is -0.326 e. The summed E-state index contributed by atoms with van der Waals surface area (Å²) in [4.78, 5) is 13.6. The lowest BCUT2D eigenvalue weighted by Gasteiger charge is -1.87. The van der Waals surface area contributed by atoms with Crippen molar-refractivity contribution in [3.8, 4) is 0 Å². The molecule has 0 aliphatic heterocycles. The Labute approximate surface area is 62.5 Å². The standard InChI is InChI=1S/C7H7N3O/c1-5-4-6-7(11)8-2-3-10(6)9-5/h2-4H,1H3,(H,8,11). The fraction of sp³-hybridized carbons (Fsp3) is 0.143. The molecule has 1 N–H and O–H groups in total. The average molecular weight is 149 g/mol.